The van der Waals surface area contributed by atoms with Gasteiger partial charge in [0.15, 0.2) is 12.2 Å². The second-order valence-corrected chi connectivity index (χ2v) is 6.46. The van der Waals surface area contributed by atoms with E-state index >= 15 is 0 Å². The lowest BCUT2D eigenvalue weighted by molar-refractivity contribution is -0.690. The van der Waals surface area contributed by atoms with Gasteiger partial charge in [0.25, 0.3) is 11.7 Å². The number of fused-ring (bicyclic) bond motifs is 1. The molecule has 0 radical (unpaired) electrons. The van der Waals surface area contributed by atoms with Gasteiger partial charge >= 0.3 is 0 Å². The molecule has 0 fully saturated rings. The summed E-state index contributed by atoms with van der Waals surface area (Å²) in [6, 6.07) is 17.6. The average molecular weight is 348 g/mol. The van der Waals surface area contributed by atoms with Crippen molar-refractivity contribution in [1.82, 2.24) is 4.57 Å². The normalized spacial score (nSPS) is 12.7. The average Bonchev–Trinajstić information content (AvgIpc) is 3.27. The SMILES string of the molecule is COc1ccc(-c2c[n+](CC(=O)Nc3ccccc3)c3n2CCC3)cc1. The number of hydrogen-bond acceptors (Lipinski definition) is 2. The van der Waals surface area contributed by atoms with Gasteiger partial charge in [-0.05, 0) is 42.8 Å². The summed E-state index contributed by atoms with van der Waals surface area (Å²) in [4.78, 5) is 12.5. The van der Waals surface area contributed by atoms with Crippen molar-refractivity contribution in [3.05, 3.63) is 66.6 Å². The van der Waals surface area contributed by atoms with E-state index in [4.69, 9.17) is 4.74 Å². The lowest BCUT2D eigenvalue weighted by Crippen LogP contribution is -2.42. The van der Waals surface area contributed by atoms with E-state index in [1.165, 1.54) is 5.82 Å². The molecule has 1 aliphatic rings. The molecule has 1 amide bonds. The zero-order valence-electron chi connectivity index (χ0n) is 14.8. The largest absolute Gasteiger partial charge is 0.497 e. The molecule has 2 aromatic carbocycles. The Morgan fingerprint density at radius 1 is 1.15 bits per heavy atom. The van der Waals surface area contributed by atoms with Crippen molar-refractivity contribution >= 4 is 11.6 Å². The second kappa shape index (κ2) is 7.04. The zero-order chi connectivity index (χ0) is 17.9. The predicted octanol–water partition coefficient (Wildman–Crippen LogP) is 3.04. The van der Waals surface area contributed by atoms with E-state index in [1.807, 2.05) is 42.5 Å². The molecular weight excluding hydrogens is 326 g/mol. The molecule has 0 atom stereocenters. The van der Waals surface area contributed by atoms with Gasteiger partial charge in [-0.1, -0.05) is 18.2 Å². The maximum atomic E-state index is 12.5. The number of imidazole rings is 1. The third kappa shape index (κ3) is 3.20. The van der Waals surface area contributed by atoms with Crippen molar-refractivity contribution in [2.75, 3.05) is 12.4 Å². The maximum Gasteiger partial charge on any atom is 0.266 e. The van der Waals surface area contributed by atoms with Crippen molar-refractivity contribution in [1.29, 1.82) is 0 Å². The fraction of sp³-hybridized carbons (Fsp3) is 0.238. The molecule has 1 aromatic heterocycles. The zero-order valence-corrected chi connectivity index (χ0v) is 14.8. The molecule has 2 heterocycles. The molecule has 0 aliphatic carbocycles. The molecule has 0 bridgehead atoms. The van der Waals surface area contributed by atoms with Gasteiger partial charge in [0, 0.05) is 11.3 Å². The third-order valence-corrected chi connectivity index (χ3v) is 4.75. The highest BCUT2D eigenvalue weighted by molar-refractivity contribution is 5.89. The number of benzene rings is 2. The fourth-order valence-electron chi connectivity index (χ4n) is 3.52. The Morgan fingerprint density at radius 3 is 2.65 bits per heavy atom. The monoisotopic (exact) mass is 348 g/mol. The quantitative estimate of drug-likeness (QED) is 0.721. The molecular formula is C21H22N3O2+. The van der Waals surface area contributed by atoms with Crippen molar-refractivity contribution < 1.29 is 14.1 Å². The van der Waals surface area contributed by atoms with Gasteiger partial charge < -0.3 is 10.1 Å². The third-order valence-electron chi connectivity index (χ3n) is 4.75. The number of nitrogens with one attached hydrogen (secondary N) is 1. The summed E-state index contributed by atoms with van der Waals surface area (Å²) in [5.74, 6) is 2.04. The number of anilines is 1. The Bertz CT molecular complexity index is 914. The number of para-hydroxylation sites is 1. The number of amides is 1. The maximum absolute atomic E-state index is 12.5. The van der Waals surface area contributed by atoms with E-state index < -0.39 is 0 Å². The summed E-state index contributed by atoms with van der Waals surface area (Å²) in [5.41, 5.74) is 3.10. The molecule has 0 unspecified atom stereocenters. The first-order valence-electron chi connectivity index (χ1n) is 8.86. The van der Waals surface area contributed by atoms with Gasteiger partial charge in [0.05, 0.1) is 20.1 Å². The number of rotatable bonds is 5. The van der Waals surface area contributed by atoms with Crippen LogP contribution in [-0.2, 0) is 24.3 Å². The number of aromatic nitrogens is 2. The molecule has 0 saturated carbocycles. The van der Waals surface area contributed by atoms with Crippen molar-refractivity contribution in [3.63, 3.8) is 0 Å². The Balaban J connectivity index is 1.58. The van der Waals surface area contributed by atoms with Crippen LogP contribution in [0.5, 0.6) is 5.75 Å². The van der Waals surface area contributed by atoms with Crippen molar-refractivity contribution in [2.45, 2.75) is 25.9 Å². The van der Waals surface area contributed by atoms with E-state index in [0.29, 0.717) is 6.54 Å². The van der Waals surface area contributed by atoms with E-state index in [0.717, 1.165) is 42.1 Å². The summed E-state index contributed by atoms with van der Waals surface area (Å²) in [6.45, 7) is 1.31. The summed E-state index contributed by atoms with van der Waals surface area (Å²) in [7, 11) is 1.67. The fourth-order valence-corrected chi connectivity index (χ4v) is 3.52. The van der Waals surface area contributed by atoms with Crippen LogP contribution in [0.2, 0.25) is 0 Å². The number of ether oxygens (including phenoxy) is 1. The molecule has 1 aliphatic heterocycles. The summed E-state index contributed by atoms with van der Waals surface area (Å²) >= 11 is 0. The number of nitrogens with zero attached hydrogens (tertiary/aromatic N) is 2. The first kappa shape index (κ1) is 16.4. The smallest absolute Gasteiger partial charge is 0.266 e. The first-order chi connectivity index (χ1) is 12.7. The van der Waals surface area contributed by atoms with Crippen LogP contribution in [0.3, 0.4) is 0 Å². The molecule has 5 heteroatoms. The molecule has 132 valence electrons. The van der Waals surface area contributed by atoms with Crippen LogP contribution in [0, 0.1) is 0 Å². The van der Waals surface area contributed by atoms with Gasteiger partial charge in [0.2, 0.25) is 0 Å². The number of hydrogen-bond donors (Lipinski definition) is 1. The molecule has 0 spiro atoms. The van der Waals surface area contributed by atoms with Crippen LogP contribution in [0.15, 0.2) is 60.8 Å². The highest BCUT2D eigenvalue weighted by Gasteiger charge is 2.29. The topological polar surface area (TPSA) is 47.1 Å². The van der Waals surface area contributed by atoms with E-state index in [2.05, 4.69) is 32.8 Å². The van der Waals surface area contributed by atoms with Crippen LogP contribution < -0.4 is 14.6 Å². The summed E-state index contributed by atoms with van der Waals surface area (Å²) in [5, 5.41) is 2.96. The van der Waals surface area contributed by atoms with Gasteiger partial charge in [0.1, 0.15) is 11.9 Å². The van der Waals surface area contributed by atoms with Gasteiger partial charge in [-0.25, -0.2) is 9.13 Å². The molecule has 26 heavy (non-hydrogen) atoms. The first-order valence-corrected chi connectivity index (χ1v) is 8.86. The van der Waals surface area contributed by atoms with Gasteiger partial charge in [-0.15, -0.1) is 0 Å². The minimum absolute atomic E-state index is 0.0113. The van der Waals surface area contributed by atoms with E-state index in [-0.39, 0.29) is 5.91 Å². The molecule has 5 nitrogen and oxygen atoms in total. The molecule has 4 rings (SSSR count). The second-order valence-electron chi connectivity index (χ2n) is 6.46. The number of methoxy groups -OCH3 is 1. The highest BCUT2D eigenvalue weighted by Crippen LogP contribution is 2.26. The Morgan fingerprint density at radius 2 is 1.92 bits per heavy atom. The van der Waals surface area contributed by atoms with Crippen LogP contribution >= 0.6 is 0 Å². The summed E-state index contributed by atoms with van der Waals surface area (Å²) in [6.07, 6.45) is 4.19. The molecule has 0 saturated heterocycles. The van der Waals surface area contributed by atoms with Gasteiger partial charge in [-0.2, -0.15) is 0 Å². The van der Waals surface area contributed by atoms with Crippen LogP contribution in [-0.4, -0.2) is 17.6 Å². The van der Waals surface area contributed by atoms with Crippen molar-refractivity contribution in [2.24, 2.45) is 0 Å². The lowest BCUT2D eigenvalue weighted by atomic mass is 10.1. The minimum atomic E-state index is -0.0113. The standard InChI is InChI=1S/C21H21N3O2/c1-26-18-11-9-16(10-12-18)19-14-23(21-8-5-13-24(19)21)15-20(25)22-17-6-3-2-4-7-17/h2-4,6-7,9-12,14H,5,8,13,15H2,1H3/p+1. The molecule has 1 N–H and O–H groups in total. The predicted molar refractivity (Wildman–Crippen MR) is 100 cm³/mol. The molecule has 3 aromatic rings. The summed E-state index contributed by atoms with van der Waals surface area (Å²) < 4.78 is 9.64. The Labute approximate surface area is 152 Å². The highest BCUT2D eigenvalue weighted by atomic mass is 16.5. The van der Waals surface area contributed by atoms with Crippen molar-refractivity contribution in [3.8, 4) is 17.0 Å². The van der Waals surface area contributed by atoms with Gasteiger partial charge in [-0.3, -0.25) is 4.79 Å². The lowest BCUT2D eigenvalue weighted by Gasteiger charge is -2.03. The number of carbonyl (C=O) groups excluding carboxylic acids is 1. The van der Waals surface area contributed by atoms with Crippen LogP contribution in [0.25, 0.3) is 11.3 Å². The number of carbonyl (C=O) groups is 1. The minimum Gasteiger partial charge on any atom is -0.497 e. The Kier molecular flexibility index (Phi) is 4.44. The Hall–Kier alpha value is -3.08. The van der Waals surface area contributed by atoms with E-state index in [1.54, 1.807) is 7.11 Å². The van der Waals surface area contributed by atoms with Crippen LogP contribution in [0.4, 0.5) is 5.69 Å². The van der Waals surface area contributed by atoms with E-state index in [9.17, 15) is 4.79 Å². The van der Waals surface area contributed by atoms with Crippen LogP contribution in [0.1, 0.15) is 12.2 Å².